The maximum Gasteiger partial charge on any atom is 0.0631 e. The van der Waals surface area contributed by atoms with E-state index in [9.17, 15) is 0 Å². The molecule has 1 fully saturated rings. The molecule has 26 heavy (non-hydrogen) atoms. The van der Waals surface area contributed by atoms with E-state index in [1.165, 1.54) is 16.7 Å². The van der Waals surface area contributed by atoms with Gasteiger partial charge in [0.1, 0.15) is 0 Å². The molecule has 1 aliphatic rings. The lowest BCUT2D eigenvalue weighted by molar-refractivity contribution is 0.303. The molecule has 0 saturated heterocycles. The van der Waals surface area contributed by atoms with Crippen LogP contribution in [0.25, 0.3) is 0 Å². The fraction of sp³-hybridized carbons (Fsp3) is 0.250. The molecule has 0 amide bonds. The van der Waals surface area contributed by atoms with Crippen LogP contribution in [-0.4, -0.2) is 11.6 Å². The highest BCUT2D eigenvalue weighted by molar-refractivity contribution is 5.55. The zero-order valence-electron chi connectivity index (χ0n) is 15.0. The van der Waals surface area contributed by atoms with E-state index >= 15 is 0 Å². The van der Waals surface area contributed by atoms with Gasteiger partial charge in [0.2, 0.25) is 0 Å². The number of benzene rings is 3. The smallest absolute Gasteiger partial charge is 0.0631 e. The van der Waals surface area contributed by atoms with E-state index in [1.54, 1.807) is 0 Å². The molecule has 0 radical (unpaired) electrons. The highest BCUT2D eigenvalue weighted by Gasteiger charge is 2.54. The number of hydrogen-bond acceptors (Lipinski definition) is 2. The van der Waals surface area contributed by atoms with Crippen molar-refractivity contribution in [2.75, 3.05) is 0 Å². The van der Waals surface area contributed by atoms with Gasteiger partial charge in [0.15, 0.2) is 0 Å². The van der Waals surface area contributed by atoms with Gasteiger partial charge in [0.05, 0.1) is 5.41 Å². The van der Waals surface area contributed by atoms with E-state index < -0.39 is 11.0 Å². The Morgan fingerprint density at radius 2 is 1.08 bits per heavy atom. The van der Waals surface area contributed by atoms with Crippen molar-refractivity contribution >= 4 is 0 Å². The second-order valence-electron chi connectivity index (χ2n) is 7.51. The molecule has 0 spiro atoms. The molecule has 4 rings (SSSR count). The van der Waals surface area contributed by atoms with Crippen LogP contribution in [0.2, 0.25) is 0 Å². The first kappa shape index (κ1) is 17.0. The maximum atomic E-state index is 7.24. The second-order valence-corrected chi connectivity index (χ2v) is 7.51. The van der Waals surface area contributed by atoms with Crippen LogP contribution in [0.5, 0.6) is 0 Å². The Kier molecular flexibility index (Phi) is 4.39. The zero-order valence-corrected chi connectivity index (χ0v) is 15.0. The molecule has 0 aromatic heterocycles. The Morgan fingerprint density at radius 3 is 1.38 bits per heavy atom. The molecule has 1 aliphatic carbocycles. The lowest BCUT2D eigenvalue weighted by Crippen LogP contribution is -2.58. The van der Waals surface area contributed by atoms with Gasteiger partial charge in [-0.15, -0.1) is 0 Å². The average Bonchev–Trinajstić information content (AvgIpc) is 3.05. The fourth-order valence-electron chi connectivity index (χ4n) is 4.88. The SMILES string of the molecule is NC1CCC(N)(C(c2ccccc2)(c2ccccc2)c2ccccc2)C1. The summed E-state index contributed by atoms with van der Waals surface area (Å²) in [4.78, 5) is 0. The Balaban J connectivity index is 2.08. The monoisotopic (exact) mass is 342 g/mol. The van der Waals surface area contributed by atoms with Gasteiger partial charge in [-0.05, 0) is 36.0 Å². The summed E-state index contributed by atoms with van der Waals surface area (Å²) in [7, 11) is 0. The summed E-state index contributed by atoms with van der Waals surface area (Å²) in [6.45, 7) is 0. The average molecular weight is 342 g/mol. The predicted molar refractivity (Wildman–Crippen MR) is 108 cm³/mol. The number of hydrogen-bond donors (Lipinski definition) is 2. The van der Waals surface area contributed by atoms with Crippen LogP contribution in [0, 0.1) is 0 Å². The summed E-state index contributed by atoms with van der Waals surface area (Å²) in [5.41, 5.74) is 16.4. The number of nitrogens with two attached hydrogens (primary N) is 2. The summed E-state index contributed by atoms with van der Waals surface area (Å²) >= 11 is 0. The van der Waals surface area contributed by atoms with E-state index in [2.05, 4.69) is 91.0 Å². The maximum absolute atomic E-state index is 7.24. The minimum atomic E-state index is -0.434. The quantitative estimate of drug-likeness (QED) is 0.697. The molecule has 2 atom stereocenters. The van der Waals surface area contributed by atoms with Gasteiger partial charge in [-0.25, -0.2) is 0 Å². The second kappa shape index (κ2) is 6.71. The van der Waals surface area contributed by atoms with Crippen molar-refractivity contribution in [1.29, 1.82) is 0 Å². The van der Waals surface area contributed by atoms with Crippen LogP contribution in [0.4, 0.5) is 0 Å². The highest BCUT2D eigenvalue weighted by atomic mass is 14.9. The third kappa shape index (κ3) is 2.57. The molecule has 0 aliphatic heterocycles. The molecule has 0 heterocycles. The van der Waals surface area contributed by atoms with Gasteiger partial charge in [0.25, 0.3) is 0 Å². The van der Waals surface area contributed by atoms with Crippen molar-refractivity contribution in [2.24, 2.45) is 11.5 Å². The molecule has 3 aromatic rings. The predicted octanol–water partition coefficient (Wildman–Crippen LogP) is 4.23. The summed E-state index contributed by atoms with van der Waals surface area (Å²) in [6, 6.07) is 32.2. The summed E-state index contributed by atoms with van der Waals surface area (Å²) < 4.78 is 0. The summed E-state index contributed by atoms with van der Waals surface area (Å²) in [6.07, 6.45) is 2.68. The van der Waals surface area contributed by atoms with Crippen LogP contribution in [0.3, 0.4) is 0 Å². The first-order chi connectivity index (χ1) is 12.7. The lowest BCUT2D eigenvalue weighted by atomic mass is 9.57. The van der Waals surface area contributed by atoms with Crippen molar-refractivity contribution in [3.05, 3.63) is 108 Å². The highest BCUT2D eigenvalue weighted by Crippen LogP contribution is 2.52. The van der Waals surface area contributed by atoms with Gasteiger partial charge in [-0.3, -0.25) is 0 Å². The Morgan fingerprint density at radius 1 is 0.692 bits per heavy atom. The standard InChI is InChI=1S/C24H26N2/c25-22-16-17-23(26,18-22)24(19-10-4-1-5-11-19,20-12-6-2-7-13-20)21-14-8-3-9-15-21/h1-15,22H,16-18,25-26H2. The lowest BCUT2D eigenvalue weighted by Gasteiger charge is -2.48. The minimum Gasteiger partial charge on any atom is -0.328 e. The van der Waals surface area contributed by atoms with Crippen molar-refractivity contribution < 1.29 is 0 Å². The van der Waals surface area contributed by atoms with Crippen LogP contribution in [0.15, 0.2) is 91.0 Å². The van der Waals surface area contributed by atoms with Gasteiger partial charge in [-0.1, -0.05) is 91.0 Å². The van der Waals surface area contributed by atoms with Crippen molar-refractivity contribution in [3.8, 4) is 0 Å². The molecular weight excluding hydrogens is 316 g/mol. The van der Waals surface area contributed by atoms with Crippen LogP contribution >= 0.6 is 0 Å². The third-order valence-electron chi connectivity index (χ3n) is 5.95. The van der Waals surface area contributed by atoms with Gasteiger partial charge >= 0.3 is 0 Å². The normalized spacial score (nSPS) is 23.1. The zero-order chi connectivity index (χ0) is 18.0. The molecule has 2 unspecified atom stereocenters. The van der Waals surface area contributed by atoms with Crippen molar-refractivity contribution in [3.63, 3.8) is 0 Å². The van der Waals surface area contributed by atoms with Crippen LogP contribution in [-0.2, 0) is 5.41 Å². The molecule has 4 N–H and O–H groups in total. The first-order valence-electron chi connectivity index (χ1n) is 9.38. The van der Waals surface area contributed by atoms with E-state index in [4.69, 9.17) is 11.5 Å². The molecule has 0 bridgehead atoms. The molecule has 132 valence electrons. The third-order valence-corrected chi connectivity index (χ3v) is 5.95. The van der Waals surface area contributed by atoms with Crippen LogP contribution in [0.1, 0.15) is 36.0 Å². The van der Waals surface area contributed by atoms with Crippen LogP contribution < -0.4 is 11.5 Å². The van der Waals surface area contributed by atoms with Crippen molar-refractivity contribution in [1.82, 2.24) is 0 Å². The molecule has 1 saturated carbocycles. The van der Waals surface area contributed by atoms with E-state index in [-0.39, 0.29) is 6.04 Å². The fourth-order valence-corrected chi connectivity index (χ4v) is 4.88. The van der Waals surface area contributed by atoms with Gasteiger partial charge in [0, 0.05) is 11.6 Å². The van der Waals surface area contributed by atoms with E-state index in [0.29, 0.717) is 0 Å². The number of rotatable bonds is 4. The molecular formula is C24H26N2. The minimum absolute atomic E-state index is 0.149. The topological polar surface area (TPSA) is 52.0 Å². The van der Waals surface area contributed by atoms with E-state index in [1.807, 2.05) is 0 Å². The van der Waals surface area contributed by atoms with Crippen molar-refractivity contribution in [2.45, 2.75) is 36.3 Å². The van der Waals surface area contributed by atoms with E-state index in [0.717, 1.165) is 19.3 Å². The molecule has 3 aromatic carbocycles. The first-order valence-corrected chi connectivity index (χ1v) is 9.38. The Bertz CT molecular complexity index is 748. The molecule has 2 nitrogen and oxygen atoms in total. The van der Waals surface area contributed by atoms with Gasteiger partial charge in [-0.2, -0.15) is 0 Å². The largest absolute Gasteiger partial charge is 0.328 e. The van der Waals surface area contributed by atoms with Gasteiger partial charge < -0.3 is 11.5 Å². The summed E-state index contributed by atoms with van der Waals surface area (Å²) in [5, 5.41) is 0. The Labute approximate surface area is 155 Å². The Hall–Kier alpha value is -2.42. The summed E-state index contributed by atoms with van der Waals surface area (Å²) in [5.74, 6) is 0. The molecule has 2 heteroatoms.